The number of aliphatic hydroxyl groups is 1. The lowest BCUT2D eigenvalue weighted by molar-refractivity contribution is 0.0564. The van der Waals surface area contributed by atoms with Gasteiger partial charge in [0.15, 0.2) is 0 Å². The van der Waals surface area contributed by atoms with Crippen molar-refractivity contribution in [3.8, 4) is 0 Å². The van der Waals surface area contributed by atoms with E-state index in [0.29, 0.717) is 10.9 Å². The van der Waals surface area contributed by atoms with Gasteiger partial charge in [-0.1, -0.05) is 29.8 Å². The maximum atomic E-state index is 10.5. The summed E-state index contributed by atoms with van der Waals surface area (Å²) >= 11 is 5.90. The van der Waals surface area contributed by atoms with Crippen LogP contribution in [0.2, 0.25) is 5.02 Å². The fourth-order valence-corrected chi connectivity index (χ4v) is 3.21. The molecule has 0 bridgehead atoms. The molecule has 2 aromatic rings. The molecule has 3 nitrogen and oxygen atoms in total. The molecule has 0 amide bonds. The molecule has 116 valence electrons. The van der Waals surface area contributed by atoms with E-state index in [1.165, 1.54) is 0 Å². The summed E-state index contributed by atoms with van der Waals surface area (Å²) in [6.45, 7) is 2.91. The van der Waals surface area contributed by atoms with E-state index >= 15 is 0 Å². The minimum atomic E-state index is -0.394. The molecule has 0 radical (unpaired) electrons. The van der Waals surface area contributed by atoms with Crippen LogP contribution in [-0.2, 0) is 6.54 Å². The minimum absolute atomic E-state index is 0.321. The highest BCUT2D eigenvalue weighted by Crippen LogP contribution is 2.31. The summed E-state index contributed by atoms with van der Waals surface area (Å²) in [5.41, 5.74) is 2.08. The van der Waals surface area contributed by atoms with Crippen LogP contribution in [0.15, 0.2) is 48.7 Å². The fourth-order valence-electron chi connectivity index (χ4n) is 3.08. The zero-order valence-electron chi connectivity index (χ0n) is 12.5. The molecular weight excluding hydrogens is 296 g/mol. The van der Waals surface area contributed by atoms with E-state index < -0.39 is 6.10 Å². The van der Waals surface area contributed by atoms with Crippen molar-refractivity contribution in [2.45, 2.75) is 25.5 Å². The van der Waals surface area contributed by atoms with Gasteiger partial charge in [-0.15, -0.1) is 0 Å². The van der Waals surface area contributed by atoms with Crippen LogP contribution in [0.3, 0.4) is 0 Å². The second-order valence-corrected chi connectivity index (χ2v) is 6.37. The zero-order chi connectivity index (χ0) is 15.4. The van der Waals surface area contributed by atoms with Crippen LogP contribution in [0.4, 0.5) is 0 Å². The fraction of sp³-hybridized carbons (Fsp3) is 0.389. The molecule has 1 N–H and O–H groups in total. The van der Waals surface area contributed by atoms with Crippen LogP contribution in [0, 0.1) is 5.92 Å². The summed E-state index contributed by atoms with van der Waals surface area (Å²) in [6.07, 6.45) is 3.47. The number of benzene rings is 1. The average Bonchev–Trinajstić information content (AvgIpc) is 2.57. The van der Waals surface area contributed by atoms with Gasteiger partial charge in [-0.05, 0) is 61.7 Å². The van der Waals surface area contributed by atoms with Crippen LogP contribution in [-0.4, -0.2) is 28.1 Å². The summed E-state index contributed by atoms with van der Waals surface area (Å²) in [7, 11) is 0. The first-order valence-corrected chi connectivity index (χ1v) is 8.16. The van der Waals surface area contributed by atoms with Gasteiger partial charge in [0.1, 0.15) is 0 Å². The first-order valence-electron chi connectivity index (χ1n) is 7.78. The summed E-state index contributed by atoms with van der Waals surface area (Å²) in [5.74, 6) is 0.321. The molecule has 1 fully saturated rings. The number of aliphatic hydroxyl groups excluding tert-OH is 1. The molecule has 1 aromatic heterocycles. The van der Waals surface area contributed by atoms with Crippen molar-refractivity contribution < 1.29 is 5.11 Å². The third-order valence-corrected chi connectivity index (χ3v) is 4.65. The van der Waals surface area contributed by atoms with Crippen molar-refractivity contribution in [1.29, 1.82) is 0 Å². The lowest BCUT2D eigenvalue weighted by Gasteiger charge is -2.34. The normalized spacial score (nSPS) is 18.3. The monoisotopic (exact) mass is 316 g/mol. The topological polar surface area (TPSA) is 36.4 Å². The average molecular weight is 317 g/mol. The first kappa shape index (κ1) is 15.5. The molecule has 1 aliphatic rings. The minimum Gasteiger partial charge on any atom is -0.388 e. The molecule has 4 heteroatoms. The van der Waals surface area contributed by atoms with Crippen molar-refractivity contribution in [2.24, 2.45) is 5.92 Å². The van der Waals surface area contributed by atoms with Crippen molar-refractivity contribution in [2.75, 3.05) is 13.1 Å². The molecule has 3 rings (SSSR count). The first-order chi connectivity index (χ1) is 10.7. The molecule has 1 unspecified atom stereocenters. The number of hydrogen-bond acceptors (Lipinski definition) is 3. The Morgan fingerprint density at radius 3 is 2.50 bits per heavy atom. The van der Waals surface area contributed by atoms with Gasteiger partial charge < -0.3 is 5.11 Å². The predicted octanol–water partition coefficient (Wildman–Crippen LogP) is 3.68. The summed E-state index contributed by atoms with van der Waals surface area (Å²) < 4.78 is 0. The standard InChI is InChI=1S/C18H21ClN2O/c19-16-6-4-14(5-7-16)18(22)15-8-11-21(12-9-15)13-17-3-1-2-10-20-17/h1-7,10,15,18,22H,8-9,11-13H2. The van der Waals surface area contributed by atoms with E-state index in [-0.39, 0.29) is 0 Å². The molecule has 1 saturated heterocycles. The van der Waals surface area contributed by atoms with Gasteiger partial charge in [-0.2, -0.15) is 0 Å². The quantitative estimate of drug-likeness (QED) is 0.934. The highest BCUT2D eigenvalue weighted by molar-refractivity contribution is 6.30. The number of nitrogens with zero attached hydrogens (tertiary/aromatic N) is 2. The van der Waals surface area contributed by atoms with E-state index in [4.69, 9.17) is 11.6 Å². The molecule has 1 aromatic carbocycles. The molecular formula is C18H21ClN2O. The van der Waals surface area contributed by atoms with E-state index in [9.17, 15) is 5.11 Å². The number of pyridine rings is 1. The van der Waals surface area contributed by atoms with E-state index in [2.05, 4.69) is 16.0 Å². The Kier molecular flexibility index (Phi) is 5.08. The van der Waals surface area contributed by atoms with Crippen LogP contribution < -0.4 is 0 Å². The molecule has 0 spiro atoms. The maximum absolute atomic E-state index is 10.5. The van der Waals surface area contributed by atoms with Gasteiger partial charge >= 0.3 is 0 Å². The number of hydrogen-bond donors (Lipinski definition) is 1. The lowest BCUT2D eigenvalue weighted by atomic mass is 9.87. The molecule has 2 heterocycles. The number of halogens is 1. The second-order valence-electron chi connectivity index (χ2n) is 5.93. The summed E-state index contributed by atoms with van der Waals surface area (Å²) in [4.78, 5) is 6.79. The second kappa shape index (κ2) is 7.23. The molecule has 0 aliphatic carbocycles. The summed E-state index contributed by atoms with van der Waals surface area (Å²) in [5, 5.41) is 11.2. The van der Waals surface area contributed by atoms with Crippen LogP contribution in [0.1, 0.15) is 30.2 Å². The zero-order valence-corrected chi connectivity index (χ0v) is 13.3. The number of likely N-dealkylation sites (tertiary alicyclic amines) is 1. The van der Waals surface area contributed by atoms with Crippen molar-refractivity contribution >= 4 is 11.6 Å². The van der Waals surface area contributed by atoms with Crippen LogP contribution >= 0.6 is 11.6 Å². The van der Waals surface area contributed by atoms with E-state index in [0.717, 1.165) is 43.7 Å². The molecule has 1 aliphatic heterocycles. The Balaban J connectivity index is 1.54. The Bertz CT molecular complexity index is 580. The number of piperidine rings is 1. The summed E-state index contributed by atoms with van der Waals surface area (Å²) in [6, 6.07) is 13.6. The van der Waals surface area contributed by atoms with Gasteiger partial charge in [0.05, 0.1) is 11.8 Å². The highest BCUT2D eigenvalue weighted by Gasteiger charge is 2.26. The Hall–Kier alpha value is -1.42. The predicted molar refractivity (Wildman–Crippen MR) is 88.6 cm³/mol. The Morgan fingerprint density at radius 2 is 1.86 bits per heavy atom. The highest BCUT2D eigenvalue weighted by atomic mass is 35.5. The van der Waals surface area contributed by atoms with Gasteiger partial charge in [0.2, 0.25) is 0 Å². The van der Waals surface area contributed by atoms with Crippen molar-refractivity contribution in [1.82, 2.24) is 9.88 Å². The Morgan fingerprint density at radius 1 is 1.14 bits per heavy atom. The lowest BCUT2D eigenvalue weighted by Crippen LogP contribution is -2.35. The number of aromatic nitrogens is 1. The largest absolute Gasteiger partial charge is 0.388 e. The van der Waals surface area contributed by atoms with Crippen LogP contribution in [0.25, 0.3) is 0 Å². The van der Waals surface area contributed by atoms with Crippen molar-refractivity contribution in [3.05, 3.63) is 64.9 Å². The van der Waals surface area contributed by atoms with E-state index in [1.807, 2.05) is 42.6 Å². The number of rotatable bonds is 4. The van der Waals surface area contributed by atoms with Gasteiger partial charge in [-0.3, -0.25) is 9.88 Å². The molecule has 1 atom stereocenters. The van der Waals surface area contributed by atoms with E-state index in [1.54, 1.807) is 0 Å². The third-order valence-electron chi connectivity index (χ3n) is 4.40. The van der Waals surface area contributed by atoms with Crippen molar-refractivity contribution in [3.63, 3.8) is 0 Å². The van der Waals surface area contributed by atoms with Gasteiger partial charge in [0, 0.05) is 17.8 Å². The smallest absolute Gasteiger partial charge is 0.0819 e. The van der Waals surface area contributed by atoms with Gasteiger partial charge in [0.25, 0.3) is 0 Å². The third kappa shape index (κ3) is 3.86. The molecule has 0 saturated carbocycles. The van der Waals surface area contributed by atoms with Crippen LogP contribution in [0.5, 0.6) is 0 Å². The maximum Gasteiger partial charge on any atom is 0.0819 e. The molecule has 22 heavy (non-hydrogen) atoms. The Labute approximate surface area is 136 Å². The SMILES string of the molecule is OC(c1ccc(Cl)cc1)C1CCN(Cc2ccccn2)CC1. The van der Waals surface area contributed by atoms with Gasteiger partial charge in [-0.25, -0.2) is 0 Å².